The predicted octanol–water partition coefficient (Wildman–Crippen LogP) is 1.87. The third kappa shape index (κ3) is 3.15. The monoisotopic (exact) mass is 286 g/mol. The molecule has 0 radical (unpaired) electrons. The summed E-state index contributed by atoms with van der Waals surface area (Å²) < 4.78 is 0. The summed E-state index contributed by atoms with van der Waals surface area (Å²) in [6.45, 7) is 5.43. The Morgan fingerprint density at radius 1 is 1.38 bits per heavy atom. The first kappa shape index (κ1) is 15.3. The number of pyridine rings is 1. The third-order valence-corrected chi connectivity index (χ3v) is 4.02. The highest BCUT2D eigenvalue weighted by molar-refractivity contribution is 5.78. The molecule has 0 atom stereocenters. The molecule has 0 saturated carbocycles. The van der Waals surface area contributed by atoms with Gasteiger partial charge in [0.15, 0.2) is 0 Å². The van der Waals surface area contributed by atoms with Gasteiger partial charge in [-0.25, -0.2) is 4.98 Å². The molecule has 1 aliphatic rings. The van der Waals surface area contributed by atoms with Gasteiger partial charge >= 0.3 is 0 Å². The quantitative estimate of drug-likeness (QED) is 0.833. The topological polar surface area (TPSA) is 60.2 Å². The van der Waals surface area contributed by atoms with Crippen molar-refractivity contribution in [2.24, 2.45) is 5.92 Å². The molecule has 0 spiro atoms. The molecule has 0 aliphatic carbocycles. The second-order valence-corrected chi connectivity index (χ2v) is 5.88. The number of carbonyl (C=O) groups excluding carboxylic acids is 1. The summed E-state index contributed by atoms with van der Waals surface area (Å²) in [5.74, 6) is 1.06. The van der Waals surface area contributed by atoms with Crippen molar-refractivity contribution >= 4 is 11.7 Å². The van der Waals surface area contributed by atoms with Gasteiger partial charge in [0.05, 0.1) is 5.56 Å². The van der Waals surface area contributed by atoms with Gasteiger partial charge in [-0.2, -0.15) is 5.26 Å². The van der Waals surface area contributed by atoms with Crippen molar-refractivity contribution in [1.82, 2.24) is 9.88 Å². The molecule has 1 amide bonds. The van der Waals surface area contributed by atoms with Crippen LogP contribution in [-0.2, 0) is 4.79 Å². The van der Waals surface area contributed by atoms with E-state index in [9.17, 15) is 10.1 Å². The van der Waals surface area contributed by atoms with Crippen molar-refractivity contribution in [3.63, 3.8) is 0 Å². The zero-order chi connectivity index (χ0) is 15.6. The second-order valence-electron chi connectivity index (χ2n) is 5.88. The molecule has 0 N–H and O–H groups in total. The van der Waals surface area contributed by atoms with Gasteiger partial charge in [0, 0.05) is 38.8 Å². The average Bonchev–Trinajstić information content (AvgIpc) is 2.46. The molecule has 1 saturated heterocycles. The van der Waals surface area contributed by atoms with Gasteiger partial charge in [-0.3, -0.25) is 4.79 Å². The molecule has 5 nitrogen and oxygen atoms in total. The summed E-state index contributed by atoms with van der Waals surface area (Å²) in [5, 5.41) is 9.36. The SMILES string of the molecule is Cc1cc(C)c(C#N)c(N2CCC(C(=O)N(C)C)CC2)n1. The van der Waals surface area contributed by atoms with E-state index >= 15 is 0 Å². The number of piperidine rings is 1. The highest BCUT2D eigenvalue weighted by Crippen LogP contribution is 2.27. The van der Waals surface area contributed by atoms with Crippen LogP contribution < -0.4 is 4.90 Å². The Labute approximate surface area is 126 Å². The molecule has 112 valence electrons. The number of aryl methyl sites for hydroxylation is 2. The maximum atomic E-state index is 12.0. The van der Waals surface area contributed by atoms with E-state index in [1.54, 1.807) is 19.0 Å². The first-order valence-electron chi connectivity index (χ1n) is 7.28. The molecule has 5 heteroatoms. The lowest BCUT2D eigenvalue weighted by Crippen LogP contribution is -2.40. The molecular formula is C16H22N4O. The molecular weight excluding hydrogens is 264 g/mol. The minimum absolute atomic E-state index is 0.0905. The van der Waals surface area contributed by atoms with Crippen molar-refractivity contribution in [2.45, 2.75) is 26.7 Å². The number of hydrogen-bond acceptors (Lipinski definition) is 4. The molecule has 0 unspecified atom stereocenters. The normalized spacial score (nSPS) is 15.7. The van der Waals surface area contributed by atoms with E-state index in [4.69, 9.17) is 0 Å². The number of anilines is 1. The summed E-state index contributed by atoms with van der Waals surface area (Å²) >= 11 is 0. The van der Waals surface area contributed by atoms with Crippen molar-refractivity contribution in [3.05, 3.63) is 22.9 Å². The van der Waals surface area contributed by atoms with Crippen LogP contribution in [0.1, 0.15) is 29.7 Å². The van der Waals surface area contributed by atoms with Gasteiger partial charge in [-0.1, -0.05) is 0 Å². The summed E-state index contributed by atoms with van der Waals surface area (Å²) in [6, 6.07) is 4.20. The number of nitrogens with zero attached hydrogens (tertiary/aromatic N) is 4. The first-order valence-corrected chi connectivity index (χ1v) is 7.28. The van der Waals surface area contributed by atoms with Crippen LogP contribution in [-0.4, -0.2) is 43.0 Å². The maximum absolute atomic E-state index is 12.0. The van der Waals surface area contributed by atoms with Gasteiger partial charge in [-0.05, 0) is 38.3 Å². The van der Waals surface area contributed by atoms with Crippen LogP contribution >= 0.6 is 0 Å². The molecule has 2 heterocycles. The number of carbonyl (C=O) groups is 1. The van der Waals surface area contributed by atoms with Crippen LogP contribution in [0, 0.1) is 31.1 Å². The Hall–Kier alpha value is -2.09. The average molecular weight is 286 g/mol. The second kappa shape index (κ2) is 6.13. The smallest absolute Gasteiger partial charge is 0.225 e. The number of rotatable bonds is 2. The van der Waals surface area contributed by atoms with Crippen LogP contribution in [0.15, 0.2) is 6.07 Å². The number of nitriles is 1. The molecule has 1 fully saturated rings. The highest BCUT2D eigenvalue weighted by Gasteiger charge is 2.28. The largest absolute Gasteiger partial charge is 0.355 e. The standard InChI is InChI=1S/C16H22N4O/c1-11-9-12(2)18-15(14(11)10-17)20-7-5-13(6-8-20)16(21)19(3)4/h9,13H,5-8H2,1-4H3. The fraction of sp³-hybridized carbons (Fsp3) is 0.562. The Bertz CT molecular complexity index is 581. The molecule has 21 heavy (non-hydrogen) atoms. The predicted molar refractivity (Wildman–Crippen MR) is 82.1 cm³/mol. The summed E-state index contributed by atoms with van der Waals surface area (Å²) in [4.78, 5) is 20.4. The first-order chi connectivity index (χ1) is 9.93. The zero-order valence-corrected chi connectivity index (χ0v) is 13.2. The van der Waals surface area contributed by atoms with Crippen LogP contribution in [0.4, 0.5) is 5.82 Å². The van der Waals surface area contributed by atoms with Crippen LogP contribution in [0.25, 0.3) is 0 Å². The van der Waals surface area contributed by atoms with E-state index in [0.29, 0.717) is 5.56 Å². The molecule has 0 bridgehead atoms. The van der Waals surface area contributed by atoms with Crippen LogP contribution in [0.5, 0.6) is 0 Å². The van der Waals surface area contributed by atoms with Gasteiger partial charge in [0.25, 0.3) is 0 Å². The van der Waals surface area contributed by atoms with Gasteiger partial charge in [-0.15, -0.1) is 0 Å². The Morgan fingerprint density at radius 3 is 2.52 bits per heavy atom. The van der Waals surface area contributed by atoms with Crippen molar-refractivity contribution in [3.8, 4) is 6.07 Å². The lowest BCUT2D eigenvalue weighted by molar-refractivity contribution is -0.133. The van der Waals surface area contributed by atoms with Gasteiger partial charge in [0.1, 0.15) is 11.9 Å². The number of aromatic nitrogens is 1. The lowest BCUT2D eigenvalue weighted by Gasteiger charge is -2.34. The highest BCUT2D eigenvalue weighted by atomic mass is 16.2. The Morgan fingerprint density at radius 2 is 2.00 bits per heavy atom. The van der Waals surface area contributed by atoms with E-state index in [2.05, 4.69) is 16.0 Å². The van der Waals surface area contributed by atoms with E-state index < -0.39 is 0 Å². The fourth-order valence-electron chi connectivity index (χ4n) is 2.89. The molecule has 1 aliphatic heterocycles. The van der Waals surface area contributed by atoms with Crippen molar-refractivity contribution < 1.29 is 4.79 Å². The van der Waals surface area contributed by atoms with Crippen LogP contribution in [0.2, 0.25) is 0 Å². The minimum atomic E-state index is 0.0905. The zero-order valence-electron chi connectivity index (χ0n) is 13.2. The van der Waals surface area contributed by atoms with Crippen LogP contribution in [0.3, 0.4) is 0 Å². The molecule has 2 rings (SSSR count). The Balaban J connectivity index is 2.17. The number of hydrogen-bond donors (Lipinski definition) is 0. The Kier molecular flexibility index (Phi) is 4.46. The van der Waals surface area contributed by atoms with E-state index in [1.165, 1.54) is 0 Å². The molecule has 1 aromatic heterocycles. The third-order valence-electron chi connectivity index (χ3n) is 4.02. The summed E-state index contributed by atoms with van der Waals surface area (Å²) in [5.41, 5.74) is 2.54. The molecule has 1 aromatic rings. The molecule has 0 aromatic carbocycles. The fourth-order valence-corrected chi connectivity index (χ4v) is 2.89. The minimum Gasteiger partial charge on any atom is -0.355 e. The summed E-state index contributed by atoms with van der Waals surface area (Å²) in [6.07, 6.45) is 1.63. The van der Waals surface area contributed by atoms with E-state index in [-0.39, 0.29) is 11.8 Å². The van der Waals surface area contributed by atoms with Gasteiger partial charge < -0.3 is 9.80 Å². The van der Waals surface area contributed by atoms with E-state index in [1.807, 2.05) is 19.9 Å². The maximum Gasteiger partial charge on any atom is 0.225 e. The lowest BCUT2D eigenvalue weighted by atomic mass is 9.95. The van der Waals surface area contributed by atoms with Gasteiger partial charge in [0.2, 0.25) is 5.91 Å². The van der Waals surface area contributed by atoms with E-state index in [0.717, 1.165) is 43.0 Å². The number of amides is 1. The van der Waals surface area contributed by atoms with Crippen molar-refractivity contribution in [2.75, 3.05) is 32.1 Å². The summed E-state index contributed by atoms with van der Waals surface area (Å²) in [7, 11) is 3.60. The van der Waals surface area contributed by atoms with Crippen molar-refractivity contribution in [1.29, 1.82) is 5.26 Å².